The summed E-state index contributed by atoms with van der Waals surface area (Å²) >= 11 is 0. The van der Waals surface area contributed by atoms with Gasteiger partial charge in [-0.1, -0.05) is 18.2 Å². The normalized spacial score (nSPS) is 9.62. The molecule has 0 aliphatic carbocycles. The van der Waals surface area contributed by atoms with Gasteiger partial charge < -0.3 is 0 Å². The van der Waals surface area contributed by atoms with E-state index >= 15 is 0 Å². The average Bonchev–Trinajstić information content (AvgIpc) is 3.21. The number of nitro benzene ring substituents is 10. The lowest BCUT2D eigenvalue weighted by molar-refractivity contribution is -0.422. The minimum Gasteiger partial charge on any atom is -0.258 e. The molecule has 0 aliphatic heterocycles. The Morgan fingerprint density at radius 1 is 0.292 bits per heavy atom. The second kappa shape index (κ2) is 23.8. The van der Waals surface area contributed by atoms with Crippen LogP contribution in [0.4, 0.5) is 56.9 Å². The van der Waals surface area contributed by atoms with E-state index in [1.54, 1.807) is 6.92 Å². The van der Waals surface area contributed by atoms with Crippen LogP contribution in [0.15, 0.2) is 91.0 Å². The molecule has 30 heteroatoms. The maximum atomic E-state index is 10.4. The van der Waals surface area contributed by atoms with Gasteiger partial charge in [0.05, 0.1) is 55.3 Å². The van der Waals surface area contributed by atoms with Crippen LogP contribution in [0.25, 0.3) is 0 Å². The quantitative estimate of drug-likeness (QED) is 0.0930. The van der Waals surface area contributed by atoms with Crippen LogP contribution in [0, 0.1) is 136 Å². The lowest BCUT2D eigenvalue weighted by atomic mass is 10.1. The van der Waals surface area contributed by atoms with Gasteiger partial charge in [-0.3, -0.25) is 101 Å². The Morgan fingerprint density at radius 3 is 1.09 bits per heavy atom. The highest BCUT2D eigenvalue weighted by Gasteiger charge is 2.26. The maximum Gasteiger partial charge on any atom is 0.348 e. The highest BCUT2D eigenvalue weighted by atomic mass is 16.7. The smallest absolute Gasteiger partial charge is 0.258 e. The van der Waals surface area contributed by atoms with Crippen molar-refractivity contribution >= 4 is 56.9 Å². The molecule has 0 saturated heterocycles. The van der Waals surface area contributed by atoms with Crippen LogP contribution in [0.5, 0.6) is 0 Å². The van der Waals surface area contributed by atoms with E-state index in [4.69, 9.17) is 0 Å². The Labute approximate surface area is 360 Å². The number of nitrogens with zero attached hydrogens (tertiary/aromatic N) is 10. The van der Waals surface area contributed by atoms with Gasteiger partial charge in [0.25, 0.3) is 34.1 Å². The molecule has 5 rings (SSSR count). The standard InChI is InChI=1S/5C7H6N2O4/c1-5-4-6(8(10)11)2-3-7(5)9(12)13;1-5-2-3-6(8(10)11)4-7(5)9(12)13;1-5-2-3-6(8(10)11)7(4-5)9(12)13;1-5-6(8(10)11)3-2-4-7(5)9(12)13;1-5-3-2-4-6(8(10)11)7(5)9(12)13/h5*2-4H,1H3. The lowest BCUT2D eigenvalue weighted by Crippen LogP contribution is -1.98. The topological polar surface area (TPSA) is 431 Å². The summed E-state index contributed by atoms with van der Waals surface area (Å²) < 4.78 is 0. The summed E-state index contributed by atoms with van der Waals surface area (Å²) in [6.45, 7) is 7.45. The Hall–Kier alpha value is -9.90. The van der Waals surface area contributed by atoms with Gasteiger partial charge in [0.1, 0.15) is 5.56 Å². The number of rotatable bonds is 10. The summed E-state index contributed by atoms with van der Waals surface area (Å²) in [6.07, 6.45) is 0. The fourth-order valence-corrected chi connectivity index (χ4v) is 4.84. The predicted octanol–water partition coefficient (Wildman–Crippen LogP) is 9.06. The molecule has 0 aromatic heterocycles. The van der Waals surface area contributed by atoms with Gasteiger partial charge in [0.15, 0.2) is 0 Å². The Morgan fingerprint density at radius 2 is 0.692 bits per heavy atom. The monoisotopic (exact) mass is 910 g/mol. The number of aryl methyl sites for hydroxylation is 4. The third-order valence-corrected chi connectivity index (χ3v) is 7.98. The molecule has 0 unspecified atom stereocenters. The third kappa shape index (κ3) is 15.6. The first kappa shape index (κ1) is 53.1. The van der Waals surface area contributed by atoms with E-state index in [1.807, 2.05) is 0 Å². The predicted molar refractivity (Wildman–Crippen MR) is 222 cm³/mol. The first-order valence-corrected chi connectivity index (χ1v) is 17.1. The highest BCUT2D eigenvalue weighted by Crippen LogP contribution is 2.30. The molecule has 30 nitrogen and oxygen atoms in total. The number of para-hydroxylation sites is 1. The SMILES string of the molecule is Cc1c([N+](=O)[O-])cccc1[N+](=O)[O-].Cc1cc([N+](=O)[O-])ccc1[N+](=O)[O-].Cc1ccc([N+](=O)[O-])c([N+](=O)[O-])c1.Cc1ccc([N+](=O)[O-])cc1[N+](=O)[O-].Cc1cccc([N+](=O)[O-])c1[N+](=O)[O-]. The van der Waals surface area contributed by atoms with Crippen LogP contribution in [0.1, 0.15) is 27.8 Å². The van der Waals surface area contributed by atoms with Crippen molar-refractivity contribution in [3.8, 4) is 0 Å². The molecule has 0 N–H and O–H groups in total. The minimum atomic E-state index is -0.766. The number of non-ortho nitro benzene ring substituents is 2. The molecule has 0 bridgehead atoms. The van der Waals surface area contributed by atoms with Crippen molar-refractivity contribution in [3.05, 3.63) is 220 Å². The van der Waals surface area contributed by atoms with Gasteiger partial charge in [-0.15, -0.1) is 0 Å². The second-order valence-corrected chi connectivity index (χ2v) is 12.4. The van der Waals surface area contributed by atoms with Crippen molar-refractivity contribution in [2.24, 2.45) is 0 Å². The summed E-state index contributed by atoms with van der Waals surface area (Å²) in [5.41, 5.74) is -1.34. The van der Waals surface area contributed by atoms with Crippen molar-refractivity contribution in [2.45, 2.75) is 34.6 Å². The number of hydrogen-bond donors (Lipinski definition) is 0. The van der Waals surface area contributed by atoms with Crippen LogP contribution < -0.4 is 0 Å². The van der Waals surface area contributed by atoms with Gasteiger partial charge in [-0.05, 0) is 52.3 Å². The van der Waals surface area contributed by atoms with Crippen molar-refractivity contribution in [1.29, 1.82) is 0 Å². The third-order valence-electron chi connectivity index (χ3n) is 7.98. The number of hydrogen-bond acceptors (Lipinski definition) is 20. The van der Waals surface area contributed by atoms with Crippen molar-refractivity contribution in [2.75, 3.05) is 0 Å². The van der Waals surface area contributed by atoms with E-state index in [9.17, 15) is 101 Å². The fourth-order valence-electron chi connectivity index (χ4n) is 4.84. The van der Waals surface area contributed by atoms with Gasteiger partial charge in [-0.25, -0.2) is 0 Å². The van der Waals surface area contributed by atoms with E-state index in [-0.39, 0.29) is 39.7 Å². The fraction of sp³-hybridized carbons (Fsp3) is 0.143. The van der Waals surface area contributed by atoms with E-state index in [0.29, 0.717) is 22.3 Å². The van der Waals surface area contributed by atoms with Crippen LogP contribution in [-0.2, 0) is 0 Å². The summed E-state index contributed by atoms with van der Waals surface area (Å²) in [5, 5.41) is 104. The molecule has 340 valence electrons. The summed E-state index contributed by atoms with van der Waals surface area (Å²) in [4.78, 5) is 96.8. The molecule has 65 heavy (non-hydrogen) atoms. The Balaban J connectivity index is 0.000000406. The first-order valence-electron chi connectivity index (χ1n) is 17.1. The summed E-state index contributed by atoms with van der Waals surface area (Å²) in [6, 6.07) is 18.5. The van der Waals surface area contributed by atoms with Crippen LogP contribution in [-0.4, -0.2) is 49.2 Å². The molecule has 0 atom stereocenters. The van der Waals surface area contributed by atoms with Gasteiger partial charge in [0, 0.05) is 71.3 Å². The van der Waals surface area contributed by atoms with E-state index in [2.05, 4.69) is 0 Å². The highest BCUT2D eigenvalue weighted by molar-refractivity contribution is 5.57. The zero-order chi connectivity index (χ0) is 50.0. The van der Waals surface area contributed by atoms with Crippen LogP contribution in [0.2, 0.25) is 0 Å². The molecular weight excluding hydrogens is 880 g/mol. The molecule has 0 spiro atoms. The maximum absolute atomic E-state index is 10.4. The van der Waals surface area contributed by atoms with E-state index in [1.165, 1.54) is 88.4 Å². The molecule has 0 heterocycles. The molecule has 5 aromatic carbocycles. The second-order valence-electron chi connectivity index (χ2n) is 12.4. The van der Waals surface area contributed by atoms with E-state index < -0.39 is 72.0 Å². The largest absolute Gasteiger partial charge is 0.348 e. The van der Waals surface area contributed by atoms with Crippen LogP contribution >= 0.6 is 0 Å². The van der Waals surface area contributed by atoms with Crippen molar-refractivity contribution in [3.63, 3.8) is 0 Å². The molecule has 0 aliphatic rings. The molecule has 0 fully saturated rings. The molecule has 0 amide bonds. The van der Waals surface area contributed by atoms with Gasteiger partial charge in [0.2, 0.25) is 0 Å². The summed E-state index contributed by atoms with van der Waals surface area (Å²) in [7, 11) is 0. The number of nitro groups is 10. The van der Waals surface area contributed by atoms with Gasteiger partial charge in [-0.2, -0.15) is 0 Å². The Bertz CT molecular complexity index is 2670. The molecule has 0 saturated carbocycles. The lowest BCUT2D eigenvalue weighted by Gasteiger charge is -1.96. The average molecular weight is 911 g/mol. The van der Waals surface area contributed by atoms with Crippen molar-refractivity contribution in [1.82, 2.24) is 0 Å². The Kier molecular flexibility index (Phi) is 19.4. The van der Waals surface area contributed by atoms with Gasteiger partial charge >= 0.3 is 22.7 Å². The minimum absolute atomic E-state index is 0.0810. The van der Waals surface area contributed by atoms with Crippen molar-refractivity contribution < 1.29 is 49.2 Å². The molecule has 5 aromatic rings. The summed E-state index contributed by atoms with van der Waals surface area (Å²) in [5.74, 6) is 0. The van der Waals surface area contributed by atoms with Crippen LogP contribution in [0.3, 0.4) is 0 Å². The zero-order valence-electron chi connectivity index (χ0n) is 33.8. The van der Waals surface area contributed by atoms with E-state index in [0.717, 1.165) is 30.3 Å². The number of benzene rings is 5. The molecular formula is C35H30N10O20. The molecule has 0 radical (unpaired) electrons. The zero-order valence-corrected chi connectivity index (χ0v) is 33.8. The first-order chi connectivity index (χ1) is 30.1.